The molecule has 1 N–H and O–H groups in total. The molecule has 0 aromatic heterocycles. The summed E-state index contributed by atoms with van der Waals surface area (Å²) in [6.45, 7) is 4.45. The number of para-hydroxylation sites is 2. The number of hydrogen-bond donors (Lipinski definition) is 1. The van der Waals surface area contributed by atoms with Crippen LogP contribution in [0, 0.1) is 10.1 Å². The molecule has 3 aromatic carbocycles. The largest absolute Gasteiger partial charge is 0.477 e. The molecule has 3 aromatic rings. The van der Waals surface area contributed by atoms with Gasteiger partial charge in [0, 0.05) is 49.2 Å². The summed E-state index contributed by atoms with van der Waals surface area (Å²) in [6, 6.07) is 21.1. The number of carbonyl (C=O) groups excluding carboxylic acids is 2. The van der Waals surface area contributed by atoms with E-state index in [0.717, 1.165) is 12.1 Å². The Hall–Kier alpha value is -4.40. The third-order valence-electron chi connectivity index (χ3n) is 6.11. The van der Waals surface area contributed by atoms with E-state index in [1.807, 2.05) is 41.3 Å². The molecule has 0 unspecified atom stereocenters. The van der Waals surface area contributed by atoms with Crippen LogP contribution in [-0.2, 0) is 11.2 Å². The summed E-state index contributed by atoms with van der Waals surface area (Å²) in [5, 5.41) is 13.8. The van der Waals surface area contributed by atoms with Crippen LogP contribution in [0.5, 0.6) is 5.75 Å². The molecule has 186 valence electrons. The molecule has 2 amide bonds. The smallest absolute Gasteiger partial charge is 0.310 e. The first-order valence-corrected chi connectivity index (χ1v) is 11.8. The summed E-state index contributed by atoms with van der Waals surface area (Å²) in [7, 11) is 0. The number of carbonyl (C=O) groups is 2. The topological polar surface area (TPSA) is 105 Å². The third-order valence-corrected chi connectivity index (χ3v) is 6.11. The van der Waals surface area contributed by atoms with Gasteiger partial charge in [-0.05, 0) is 54.4 Å². The molecule has 1 fully saturated rings. The van der Waals surface area contributed by atoms with E-state index in [9.17, 15) is 19.7 Å². The number of hydrogen-bond acceptors (Lipinski definition) is 6. The van der Waals surface area contributed by atoms with Crippen molar-refractivity contribution in [1.82, 2.24) is 4.90 Å². The number of anilines is 2. The molecule has 0 radical (unpaired) electrons. The van der Waals surface area contributed by atoms with Crippen LogP contribution in [0.1, 0.15) is 22.8 Å². The molecule has 9 heteroatoms. The van der Waals surface area contributed by atoms with Gasteiger partial charge in [0.25, 0.3) is 11.8 Å². The quantitative estimate of drug-likeness (QED) is 0.378. The number of amides is 2. The lowest BCUT2D eigenvalue weighted by Gasteiger charge is -2.36. The molecule has 9 nitrogen and oxygen atoms in total. The highest BCUT2D eigenvalue weighted by Gasteiger charge is 2.22. The maximum absolute atomic E-state index is 12.8. The van der Waals surface area contributed by atoms with Crippen LogP contribution in [0.2, 0.25) is 0 Å². The van der Waals surface area contributed by atoms with Gasteiger partial charge in [0.2, 0.25) is 0 Å². The van der Waals surface area contributed by atoms with Crippen molar-refractivity contribution in [2.24, 2.45) is 0 Å². The van der Waals surface area contributed by atoms with E-state index in [1.165, 1.54) is 23.8 Å². The summed E-state index contributed by atoms with van der Waals surface area (Å²) in [5.74, 6) is -0.318. The monoisotopic (exact) mass is 488 g/mol. The average Bonchev–Trinajstić information content (AvgIpc) is 2.92. The zero-order chi connectivity index (χ0) is 25.5. The van der Waals surface area contributed by atoms with Crippen LogP contribution in [0.25, 0.3) is 0 Å². The Morgan fingerprint density at radius 1 is 0.944 bits per heavy atom. The van der Waals surface area contributed by atoms with Gasteiger partial charge in [0.05, 0.1) is 4.92 Å². The van der Waals surface area contributed by atoms with Crippen LogP contribution in [0.3, 0.4) is 0 Å². The Balaban J connectivity index is 1.26. The second-order valence-electron chi connectivity index (χ2n) is 8.44. The molecule has 0 aliphatic carbocycles. The zero-order valence-electron chi connectivity index (χ0n) is 20.1. The lowest BCUT2D eigenvalue weighted by atomic mass is 10.1. The Morgan fingerprint density at radius 2 is 1.61 bits per heavy atom. The van der Waals surface area contributed by atoms with Gasteiger partial charge in [0.15, 0.2) is 12.4 Å². The minimum Gasteiger partial charge on any atom is -0.477 e. The predicted octanol–water partition coefficient (Wildman–Crippen LogP) is 4.14. The lowest BCUT2D eigenvalue weighted by Crippen LogP contribution is -2.48. The number of rotatable bonds is 8. The highest BCUT2D eigenvalue weighted by atomic mass is 16.6. The molecule has 1 aliphatic heterocycles. The van der Waals surface area contributed by atoms with Crippen molar-refractivity contribution < 1.29 is 19.2 Å². The van der Waals surface area contributed by atoms with Crippen molar-refractivity contribution in [3.8, 4) is 5.75 Å². The van der Waals surface area contributed by atoms with Crippen molar-refractivity contribution in [2.75, 3.05) is 43.0 Å². The summed E-state index contributed by atoms with van der Waals surface area (Å²) in [5.41, 5.74) is 3.34. The average molecular weight is 489 g/mol. The second kappa shape index (κ2) is 11.4. The lowest BCUT2D eigenvalue weighted by molar-refractivity contribution is -0.385. The van der Waals surface area contributed by atoms with Crippen molar-refractivity contribution in [2.45, 2.75) is 13.3 Å². The molecular formula is C27H28N4O5. The van der Waals surface area contributed by atoms with Crippen molar-refractivity contribution >= 4 is 28.9 Å². The number of nitro groups is 1. The SMILES string of the molecule is CCc1ccc(C(=O)N2CCN(c3ccc(NC(=O)COc4ccccc4[N+](=O)[O-])cc3)CC2)cc1. The van der Waals surface area contributed by atoms with Crippen LogP contribution in [0.4, 0.5) is 17.1 Å². The van der Waals surface area contributed by atoms with Crippen LogP contribution < -0.4 is 15.0 Å². The zero-order valence-corrected chi connectivity index (χ0v) is 20.1. The molecule has 0 spiro atoms. The maximum Gasteiger partial charge on any atom is 0.310 e. The first kappa shape index (κ1) is 24.7. The summed E-state index contributed by atoms with van der Waals surface area (Å²) in [4.78, 5) is 39.7. The van der Waals surface area contributed by atoms with Gasteiger partial charge in [0.1, 0.15) is 0 Å². The molecule has 1 saturated heterocycles. The highest BCUT2D eigenvalue weighted by Crippen LogP contribution is 2.26. The number of ether oxygens (including phenoxy) is 1. The Bertz CT molecular complexity index is 1220. The fourth-order valence-electron chi connectivity index (χ4n) is 4.06. The van der Waals surface area contributed by atoms with E-state index < -0.39 is 10.8 Å². The first-order chi connectivity index (χ1) is 17.4. The molecule has 0 bridgehead atoms. The van der Waals surface area contributed by atoms with Crippen LogP contribution in [-0.4, -0.2) is 54.4 Å². The van der Waals surface area contributed by atoms with Crippen LogP contribution in [0.15, 0.2) is 72.8 Å². The van der Waals surface area contributed by atoms with Crippen molar-refractivity contribution in [1.29, 1.82) is 0 Å². The maximum atomic E-state index is 12.8. The predicted molar refractivity (Wildman–Crippen MR) is 138 cm³/mol. The molecule has 36 heavy (non-hydrogen) atoms. The van der Waals surface area contributed by atoms with Gasteiger partial charge in [-0.1, -0.05) is 31.2 Å². The van der Waals surface area contributed by atoms with Gasteiger partial charge in [-0.25, -0.2) is 0 Å². The summed E-state index contributed by atoms with van der Waals surface area (Å²) in [6.07, 6.45) is 0.946. The molecule has 0 saturated carbocycles. The molecular weight excluding hydrogens is 460 g/mol. The number of nitro benzene ring substituents is 1. The molecule has 4 rings (SSSR count). The second-order valence-corrected chi connectivity index (χ2v) is 8.44. The number of nitrogens with one attached hydrogen (secondary N) is 1. The standard InChI is InChI=1S/C27H28N4O5/c1-2-20-7-9-21(10-8-20)27(33)30-17-15-29(16-18-30)23-13-11-22(12-14-23)28-26(32)19-36-25-6-4-3-5-24(25)31(34)35/h3-14H,2,15-19H2,1H3,(H,28,32). The van der Waals surface area contributed by atoms with Gasteiger partial charge in [-0.2, -0.15) is 0 Å². The fraction of sp³-hybridized carbons (Fsp3) is 0.259. The van der Waals surface area contributed by atoms with Crippen molar-refractivity contribution in [3.63, 3.8) is 0 Å². The van der Waals surface area contributed by atoms with Gasteiger partial charge in [-0.15, -0.1) is 0 Å². The fourth-order valence-corrected chi connectivity index (χ4v) is 4.06. The highest BCUT2D eigenvalue weighted by molar-refractivity contribution is 5.94. The van der Waals surface area contributed by atoms with Crippen LogP contribution >= 0.6 is 0 Å². The molecule has 0 atom stereocenters. The minimum atomic E-state index is -0.550. The number of aryl methyl sites for hydroxylation is 1. The van der Waals surface area contributed by atoms with E-state index in [1.54, 1.807) is 18.2 Å². The number of benzene rings is 3. The van der Waals surface area contributed by atoms with E-state index >= 15 is 0 Å². The third kappa shape index (κ3) is 5.99. The van der Waals surface area contributed by atoms with Gasteiger partial charge in [-0.3, -0.25) is 19.7 Å². The van der Waals surface area contributed by atoms with E-state index in [-0.39, 0.29) is 24.0 Å². The van der Waals surface area contributed by atoms with Gasteiger partial charge < -0.3 is 19.9 Å². The summed E-state index contributed by atoms with van der Waals surface area (Å²) < 4.78 is 5.33. The first-order valence-electron chi connectivity index (χ1n) is 11.8. The van der Waals surface area contributed by atoms with Gasteiger partial charge >= 0.3 is 5.69 Å². The minimum absolute atomic E-state index is 0.0450. The van der Waals surface area contributed by atoms with Crippen molar-refractivity contribution in [3.05, 3.63) is 94.0 Å². The molecule has 1 heterocycles. The number of nitrogens with zero attached hydrogens (tertiary/aromatic N) is 3. The van der Waals surface area contributed by atoms with E-state index in [0.29, 0.717) is 37.4 Å². The molecule has 1 aliphatic rings. The number of piperazine rings is 1. The Kier molecular flexibility index (Phi) is 7.79. The normalized spacial score (nSPS) is 13.2. The Morgan fingerprint density at radius 3 is 2.25 bits per heavy atom. The summed E-state index contributed by atoms with van der Waals surface area (Å²) >= 11 is 0. The Labute approximate surface area is 209 Å². The van der Waals surface area contributed by atoms with E-state index in [4.69, 9.17) is 4.74 Å². The van der Waals surface area contributed by atoms with E-state index in [2.05, 4.69) is 17.1 Å².